The molecule has 0 saturated heterocycles. The molecule has 1 atom stereocenters. The fraction of sp³-hybridized carbons (Fsp3) is 0.222. The molecular weight excluding hydrogens is 246 g/mol. The van der Waals surface area contributed by atoms with Gasteiger partial charge in [0.2, 0.25) is 0 Å². The van der Waals surface area contributed by atoms with Gasteiger partial charge in [0.15, 0.2) is 0 Å². The van der Waals surface area contributed by atoms with E-state index in [1.807, 2.05) is 12.1 Å². The molecule has 4 N–H and O–H groups in total. The van der Waals surface area contributed by atoms with Gasteiger partial charge in [-0.2, -0.15) is 5.10 Å². The number of aliphatic hydroxyl groups excluding tert-OH is 1. The maximum atomic E-state index is 9.57. The van der Waals surface area contributed by atoms with Crippen molar-refractivity contribution in [3.8, 4) is 0 Å². The molecule has 74 valence electrons. The molecule has 0 amide bonds. The normalized spacial score (nSPS) is 13.4. The van der Waals surface area contributed by atoms with Crippen LogP contribution in [0.15, 0.2) is 22.8 Å². The fourth-order valence-electron chi connectivity index (χ4n) is 1.36. The van der Waals surface area contributed by atoms with E-state index in [9.17, 15) is 5.11 Å². The number of aromatic amines is 1. The van der Waals surface area contributed by atoms with Crippen molar-refractivity contribution in [3.05, 3.63) is 28.4 Å². The first-order valence-corrected chi connectivity index (χ1v) is 5.02. The number of H-pyrrole nitrogens is 1. The second-order valence-corrected chi connectivity index (χ2v) is 3.94. The molecule has 0 fully saturated rings. The minimum absolute atomic E-state index is 0.218. The van der Waals surface area contributed by atoms with Crippen LogP contribution in [0.4, 0.5) is 0 Å². The Hall–Kier alpha value is -0.910. The van der Waals surface area contributed by atoms with Crippen molar-refractivity contribution in [1.29, 1.82) is 0 Å². The molecule has 1 heterocycles. The van der Waals surface area contributed by atoms with Crippen LogP contribution in [0.25, 0.3) is 10.9 Å². The molecular formula is C9H10BrN3O. The molecule has 0 aliphatic rings. The number of nitrogens with two attached hydrogens (primary N) is 1. The van der Waals surface area contributed by atoms with Crippen molar-refractivity contribution in [2.45, 2.75) is 6.10 Å². The number of hydrogen-bond donors (Lipinski definition) is 3. The number of fused-ring (bicyclic) bond motifs is 1. The Morgan fingerprint density at radius 2 is 2.36 bits per heavy atom. The Kier molecular flexibility index (Phi) is 2.54. The van der Waals surface area contributed by atoms with Crippen LogP contribution in [0.2, 0.25) is 0 Å². The number of benzene rings is 1. The summed E-state index contributed by atoms with van der Waals surface area (Å²) in [6.07, 6.45) is 1.10. The first-order valence-electron chi connectivity index (χ1n) is 4.23. The molecule has 1 aromatic heterocycles. The van der Waals surface area contributed by atoms with Gasteiger partial charge in [-0.1, -0.05) is 0 Å². The van der Waals surface area contributed by atoms with E-state index in [2.05, 4.69) is 26.1 Å². The largest absolute Gasteiger partial charge is 0.387 e. The molecule has 2 aromatic rings. The van der Waals surface area contributed by atoms with Gasteiger partial charge in [-0.25, -0.2) is 0 Å². The van der Waals surface area contributed by atoms with E-state index in [-0.39, 0.29) is 6.54 Å². The lowest BCUT2D eigenvalue weighted by Crippen LogP contribution is -2.11. The molecule has 0 bridgehead atoms. The van der Waals surface area contributed by atoms with Crippen LogP contribution >= 0.6 is 15.9 Å². The van der Waals surface area contributed by atoms with Gasteiger partial charge < -0.3 is 10.8 Å². The Labute approximate surface area is 89.2 Å². The lowest BCUT2D eigenvalue weighted by Gasteiger charge is -2.08. The van der Waals surface area contributed by atoms with E-state index in [1.165, 1.54) is 0 Å². The zero-order chi connectivity index (χ0) is 10.1. The van der Waals surface area contributed by atoms with Crippen LogP contribution in [-0.4, -0.2) is 21.8 Å². The van der Waals surface area contributed by atoms with Gasteiger partial charge in [0.1, 0.15) is 0 Å². The number of aromatic nitrogens is 2. The molecule has 0 radical (unpaired) electrons. The van der Waals surface area contributed by atoms with Gasteiger partial charge in [-0.15, -0.1) is 0 Å². The van der Waals surface area contributed by atoms with Crippen molar-refractivity contribution in [3.63, 3.8) is 0 Å². The molecule has 14 heavy (non-hydrogen) atoms. The molecule has 5 heteroatoms. The quantitative estimate of drug-likeness (QED) is 0.758. The SMILES string of the molecule is NCC(O)c1cc(Br)c2[nH]ncc2c1. The first kappa shape index (κ1) is 9.64. The van der Waals surface area contributed by atoms with E-state index in [1.54, 1.807) is 6.20 Å². The summed E-state index contributed by atoms with van der Waals surface area (Å²) in [5.74, 6) is 0. The summed E-state index contributed by atoms with van der Waals surface area (Å²) in [5, 5.41) is 17.3. The van der Waals surface area contributed by atoms with Crippen LogP contribution < -0.4 is 5.73 Å². The summed E-state index contributed by atoms with van der Waals surface area (Å²) < 4.78 is 0.884. The fourth-order valence-corrected chi connectivity index (χ4v) is 1.95. The van der Waals surface area contributed by atoms with Gasteiger partial charge >= 0.3 is 0 Å². The molecule has 2 rings (SSSR count). The van der Waals surface area contributed by atoms with E-state index in [0.29, 0.717) is 0 Å². The predicted molar refractivity (Wildman–Crippen MR) is 57.8 cm³/mol. The third-order valence-electron chi connectivity index (χ3n) is 2.13. The highest BCUT2D eigenvalue weighted by Crippen LogP contribution is 2.26. The molecule has 0 saturated carbocycles. The molecule has 1 unspecified atom stereocenters. The minimum Gasteiger partial charge on any atom is -0.387 e. The highest BCUT2D eigenvalue weighted by atomic mass is 79.9. The van der Waals surface area contributed by atoms with Gasteiger partial charge in [0.25, 0.3) is 0 Å². The zero-order valence-corrected chi connectivity index (χ0v) is 8.95. The van der Waals surface area contributed by atoms with Crippen molar-refractivity contribution in [2.75, 3.05) is 6.54 Å². The molecule has 0 spiro atoms. The second-order valence-electron chi connectivity index (χ2n) is 3.09. The molecule has 1 aromatic carbocycles. The Bertz CT molecular complexity index is 454. The summed E-state index contributed by atoms with van der Waals surface area (Å²) in [6.45, 7) is 0.218. The van der Waals surface area contributed by atoms with E-state index in [0.717, 1.165) is 20.9 Å². The zero-order valence-electron chi connectivity index (χ0n) is 7.37. The maximum absolute atomic E-state index is 9.57. The number of halogens is 1. The molecule has 0 aliphatic carbocycles. The van der Waals surface area contributed by atoms with Crippen LogP contribution in [-0.2, 0) is 0 Å². The third kappa shape index (κ3) is 1.54. The van der Waals surface area contributed by atoms with Crippen LogP contribution in [0.3, 0.4) is 0 Å². The minimum atomic E-state index is -0.620. The summed E-state index contributed by atoms with van der Waals surface area (Å²) in [4.78, 5) is 0. The number of rotatable bonds is 2. The maximum Gasteiger partial charge on any atom is 0.0912 e. The van der Waals surface area contributed by atoms with Gasteiger partial charge in [0, 0.05) is 16.4 Å². The summed E-state index contributed by atoms with van der Waals surface area (Å²) >= 11 is 3.40. The summed E-state index contributed by atoms with van der Waals surface area (Å²) in [5.41, 5.74) is 7.11. The average molecular weight is 256 g/mol. The first-order chi connectivity index (χ1) is 6.72. The Balaban J connectivity index is 2.58. The number of nitrogens with one attached hydrogen (secondary N) is 1. The molecule has 4 nitrogen and oxygen atoms in total. The van der Waals surface area contributed by atoms with Crippen LogP contribution in [0.5, 0.6) is 0 Å². The Morgan fingerprint density at radius 3 is 3.07 bits per heavy atom. The van der Waals surface area contributed by atoms with Crippen molar-refractivity contribution in [2.24, 2.45) is 5.73 Å². The monoisotopic (exact) mass is 255 g/mol. The second kappa shape index (κ2) is 3.68. The van der Waals surface area contributed by atoms with Crippen LogP contribution in [0.1, 0.15) is 11.7 Å². The average Bonchev–Trinajstić information content (AvgIpc) is 2.64. The number of aliphatic hydroxyl groups is 1. The summed E-state index contributed by atoms with van der Waals surface area (Å²) in [7, 11) is 0. The van der Waals surface area contributed by atoms with E-state index < -0.39 is 6.10 Å². The van der Waals surface area contributed by atoms with E-state index >= 15 is 0 Å². The van der Waals surface area contributed by atoms with Gasteiger partial charge in [-0.05, 0) is 33.6 Å². The van der Waals surface area contributed by atoms with Crippen molar-refractivity contribution >= 4 is 26.8 Å². The van der Waals surface area contributed by atoms with Gasteiger partial charge in [-0.3, -0.25) is 5.10 Å². The lowest BCUT2D eigenvalue weighted by atomic mass is 10.1. The van der Waals surface area contributed by atoms with Crippen LogP contribution in [0, 0.1) is 0 Å². The Morgan fingerprint density at radius 1 is 1.57 bits per heavy atom. The molecule has 0 aliphatic heterocycles. The highest BCUT2D eigenvalue weighted by Gasteiger charge is 2.09. The van der Waals surface area contributed by atoms with Gasteiger partial charge in [0.05, 0.1) is 17.8 Å². The van der Waals surface area contributed by atoms with Crippen molar-refractivity contribution < 1.29 is 5.11 Å². The topological polar surface area (TPSA) is 74.9 Å². The predicted octanol–water partition coefficient (Wildman–Crippen LogP) is 1.32. The smallest absolute Gasteiger partial charge is 0.0912 e. The lowest BCUT2D eigenvalue weighted by molar-refractivity contribution is 0.187. The summed E-state index contributed by atoms with van der Waals surface area (Å²) in [6, 6.07) is 3.72. The van der Waals surface area contributed by atoms with E-state index in [4.69, 9.17) is 5.73 Å². The number of hydrogen-bond acceptors (Lipinski definition) is 3. The number of nitrogens with zero attached hydrogens (tertiary/aromatic N) is 1. The highest BCUT2D eigenvalue weighted by molar-refractivity contribution is 9.10. The van der Waals surface area contributed by atoms with Crippen molar-refractivity contribution in [1.82, 2.24) is 10.2 Å². The third-order valence-corrected chi connectivity index (χ3v) is 2.76. The standard InChI is InChI=1S/C9H10BrN3O/c10-7-2-5(8(14)3-11)1-6-4-12-13-9(6)7/h1-2,4,8,14H,3,11H2,(H,12,13).